The molecule has 0 aliphatic carbocycles. The van der Waals surface area contributed by atoms with Crippen LogP contribution in [0.25, 0.3) is 39.4 Å². The highest BCUT2D eigenvalue weighted by atomic mass is 28.3. The highest BCUT2D eigenvalue weighted by Gasteiger charge is 2.27. The van der Waals surface area contributed by atoms with Gasteiger partial charge in [-0.1, -0.05) is 62.1 Å². The van der Waals surface area contributed by atoms with Gasteiger partial charge in [0.15, 0.2) is 12.4 Å². The topological polar surface area (TPSA) is 29.1 Å². The van der Waals surface area contributed by atoms with Gasteiger partial charge in [0.2, 0.25) is 5.69 Å². The molecule has 0 aliphatic heterocycles. The lowest BCUT2D eigenvalue weighted by molar-refractivity contribution is -0.555. The number of aryl methyl sites for hydroxylation is 1. The number of aromatic nitrogens is 1. The number of rotatable bonds is 9. The minimum absolute atomic E-state index is 0.374. The van der Waals surface area contributed by atoms with Crippen molar-refractivity contribution in [2.24, 2.45) is 5.92 Å². The minimum atomic E-state index is -1.52. The quantitative estimate of drug-likeness (QED) is 0.159. The summed E-state index contributed by atoms with van der Waals surface area (Å²) in [5.41, 5.74) is 6.73. The van der Waals surface area contributed by atoms with Crippen LogP contribution in [0.2, 0.25) is 19.6 Å². The molecule has 2 unspecified atom stereocenters. The molecule has 182 valence electrons. The molecule has 2 aromatic carbocycles. The molecule has 35 heavy (non-hydrogen) atoms. The van der Waals surface area contributed by atoms with Crippen LogP contribution >= 0.6 is 0 Å². The Morgan fingerprint density at radius 3 is 2.51 bits per heavy atom. The Morgan fingerprint density at radius 2 is 1.86 bits per heavy atom. The zero-order chi connectivity index (χ0) is 25.3. The Labute approximate surface area is 211 Å². The summed E-state index contributed by atoms with van der Waals surface area (Å²) in [7, 11) is 0.510. The fourth-order valence-corrected chi connectivity index (χ4v) is 6.24. The smallest absolute Gasteiger partial charge is 0.221 e. The average molecular weight is 484 g/mol. The van der Waals surface area contributed by atoms with Crippen molar-refractivity contribution in [1.29, 1.82) is 0 Å². The molecule has 3 nitrogen and oxygen atoms in total. The van der Waals surface area contributed by atoms with E-state index in [-0.39, 0.29) is 0 Å². The molecule has 0 amide bonds. The Morgan fingerprint density at radius 1 is 1.11 bits per heavy atom. The second-order valence-electron chi connectivity index (χ2n) is 10.8. The summed E-state index contributed by atoms with van der Waals surface area (Å²) in [6.45, 7) is 20.0. The second kappa shape index (κ2) is 9.96. The fourth-order valence-electron chi connectivity index (χ4n) is 5.09. The van der Waals surface area contributed by atoms with Crippen molar-refractivity contribution in [2.75, 3.05) is 7.05 Å². The van der Waals surface area contributed by atoms with Crippen LogP contribution in [0, 0.1) is 5.92 Å². The third-order valence-electron chi connectivity index (χ3n) is 7.35. The van der Waals surface area contributed by atoms with Gasteiger partial charge in [-0.15, -0.1) is 0 Å². The largest absolute Gasteiger partial charge is 0.455 e. The van der Waals surface area contributed by atoms with Gasteiger partial charge in [-0.2, -0.15) is 4.57 Å². The number of furan rings is 1. The molecular formula is C31H39N2OSi+. The van der Waals surface area contributed by atoms with Crippen LogP contribution in [0.3, 0.4) is 0 Å². The van der Waals surface area contributed by atoms with Crippen LogP contribution in [0.5, 0.6) is 0 Å². The van der Waals surface area contributed by atoms with Gasteiger partial charge in [-0.25, -0.2) is 0 Å². The average Bonchev–Trinajstić information content (AvgIpc) is 3.21. The van der Waals surface area contributed by atoms with Crippen molar-refractivity contribution in [3.05, 3.63) is 79.0 Å². The number of pyridine rings is 1. The molecule has 4 heteroatoms. The van der Waals surface area contributed by atoms with E-state index >= 15 is 0 Å². The van der Waals surface area contributed by atoms with Crippen molar-refractivity contribution < 1.29 is 8.98 Å². The van der Waals surface area contributed by atoms with E-state index in [0.717, 1.165) is 40.5 Å². The number of benzene rings is 2. The van der Waals surface area contributed by atoms with E-state index < -0.39 is 8.07 Å². The number of nitrogens with zero attached hydrogens (tertiary/aromatic N) is 1. The fraction of sp³-hybridized carbons (Fsp3) is 0.323. The Balaban J connectivity index is 1.96. The van der Waals surface area contributed by atoms with Gasteiger partial charge in [0.25, 0.3) is 0 Å². The SMILES string of the molecule is C=C[n+]1ccc([Si](C)(C)C)cc1-c1c(CCC(C(=C)C)C(C)NC)ccc2c1oc1ccccc12. The molecule has 0 radical (unpaired) electrons. The summed E-state index contributed by atoms with van der Waals surface area (Å²) in [6.07, 6.45) is 6.02. The van der Waals surface area contributed by atoms with Gasteiger partial charge in [0.05, 0.1) is 13.6 Å². The van der Waals surface area contributed by atoms with Crippen LogP contribution in [-0.2, 0) is 6.42 Å². The maximum atomic E-state index is 6.56. The predicted molar refractivity (Wildman–Crippen MR) is 154 cm³/mol. The molecule has 0 spiro atoms. The summed E-state index contributed by atoms with van der Waals surface area (Å²) in [5.74, 6) is 0.402. The zero-order valence-electron chi connectivity index (χ0n) is 22.1. The minimum Gasteiger partial charge on any atom is -0.455 e. The molecule has 2 aromatic heterocycles. The van der Waals surface area contributed by atoms with E-state index in [9.17, 15) is 0 Å². The Kier molecular flexibility index (Phi) is 7.16. The standard InChI is InChI=1S/C31H39N2OSi/c1-9-33-19-18-24(35(6,7)8)20-28(33)30-23(14-16-25(21(2)3)22(4)32-5)15-17-27-26-12-10-11-13-29(26)34-31(27)30/h9-13,15,17-20,22,25,32H,1-2,14,16H2,3-8H3/q+1. The second-order valence-corrected chi connectivity index (χ2v) is 15.9. The lowest BCUT2D eigenvalue weighted by Gasteiger charge is -2.24. The normalized spacial score (nSPS) is 13.8. The first-order chi connectivity index (χ1) is 16.7. The lowest BCUT2D eigenvalue weighted by atomic mass is 9.86. The van der Waals surface area contributed by atoms with Crippen LogP contribution in [0.1, 0.15) is 25.8 Å². The van der Waals surface area contributed by atoms with Gasteiger partial charge < -0.3 is 9.73 Å². The number of hydrogen-bond acceptors (Lipinski definition) is 2. The molecule has 4 rings (SSSR count). The highest BCUT2D eigenvalue weighted by Crippen LogP contribution is 2.38. The van der Waals surface area contributed by atoms with Gasteiger partial charge in [-0.05, 0) is 63.1 Å². The number of hydrogen-bond donors (Lipinski definition) is 1. The van der Waals surface area contributed by atoms with Crippen LogP contribution in [-0.4, -0.2) is 21.2 Å². The first-order valence-corrected chi connectivity index (χ1v) is 16.1. The summed E-state index contributed by atoms with van der Waals surface area (Å²) >= 11 is 0. The summed E-state index contributed by atoms with van der Waals surface area (Å²) in [5, 5.41) is 7.17. The van der Waals surface area contributed by atoms with Crippen LogP contribution < -0.4 is 15.1 Å². The van der Waals surface area contributed by atoms with Crippen molar-refractivity contribution in [3.63, 3.8) is 0 Å². The van der Waals surface area contributed by atoms with E-state index in [1.54, 1.807) is 0 Å². The zero-order valence-corrected chi connectivity index (χ0v) is 23.1. The lowest BCUT2D eigenvalue weighted by Crippen LogP contribution is -2.41. The highest BCUT2D eigenvalue weighted by molar-refractivity contribution is 6.88. The van der Waals surface area contributed by atoms with Gasteiger partial charge >= 0.3 is 0 Å². The molecule has 0 bridgehead atoms. The number of para-hydroxylation sites is 1. The van der Waals surface area contributed by atoms with Gasteiger partial charge in [0, 0.05) is 28.9 Å². The first-order valence-electron chi connectivity index (χ1n) is 12.6. The van der Waals surface area contributed by atoms with Gasteiger partial charge in [0.1, 0.15) is 11.2 Å². The van der Waals surface area contributed by atoms with Gasteiger partial charge in [-0.3, -0.25) is 0 Å². The van der Waals surface area contributed by atoms with E-state index in [1.807, 2.05) is 19.3 Å². The molecular weight excluding hydrogens is 444 g/mol. The van der Waals surface area contributed by atoms with E-state index in [0.29, 0.717) is 12.0 Å². The molecule has 2 atom stereocenters. The van der Waals surface area contributed by atoms with Crippen molar-refractivity contribution in [2.45, 2.75) is 52.4 Å². The molecule has 0 aliphatic rings. The molecule has 1 N–H and O–H groups in total. The van der Waals surface area contributed by atoms with Crippen LogP contribution in [0.4, 0.5) is 0 Å². The maximum absolute atomic E-state index is 6.56. The molecule has 0 fully saturated rings. The number of nitrogens with one attached hydrogen (secondary N) is 1. The van der Waals surface area contributed by atoms with Crippen molar-refractivity contribution >= 4 is 41.4 Å². The molecule has 4 aromatic rings. The Hall–Kier alpha value is -2.95. The van der Waals surface area contributed by atoms with Crippen LogP contribution in [0.15, 0.2) is 77.9 Å². The molecule has 2 heterocycles. The summed E-state index contributed by atoms with van der Waals surface area (Å²) < 4.78 is 8.70. The van der Waals surface area contributed by atoms with E-state index in [2.05, 4.69) is 105 Å². The Bertz CT molecular complexity index is 1390. The third-order valence-corrected chi connectivity index (χ3v) is 9.40. The summed E-state index contributed by atoms with van der Waals surface area (Å²) in [6, 6.07) is 17.9. The third kappa shape index (κ3) is 4.91. The predicted octanol–water partition coefficient (Wildman–Crippen LogP) is 6.92. The first kappa shape index (κ1) is 25.1. The summed E-state index contributed by atoms with van der Waals surface area (Å²) in [4.78, 5) is 0. The molecule has 0 saturated carbocycles. The van der Waals surface area contributed by atoms with E-state index in [4.69, 9.17) is 4.42 Å². The van der Waals surface area contributed by atoms with Crippen molar-refractivity contribution in [3.8, 4) is 11.3 Å². The molecule has 0 saturated heterocycles. The monoisotopic (exact) mass is 483 g/mol. The maximum Gasteiger partial charge on any atom is 0.221 e. The van der Waals surface area contributed by atoms with Crippen molar-refractivity contribution in [1.82, 2.24) is 5.32 Å². The number of fused-ring (bicyclic) bond motifs is 3. The van der Waals surface area contributed by atoms with E-state index in [1.165, 1.54) is 21.9 Å².